The number of aromatic nitrogens is 2. The summed E-state index contributed by atoms with van der Waals surface area (Å²) in [5.74, 6) is 0.656. The maximum absolute atomic E-state index is 3.98. The summed E-state index contributed by atoms with van der Waals surface area (Å²) < 4.78 is 3.87. The summed E-state index contributed by atoms with van der Waals surface area (Å²) in [5, 5.41) is 4.08. The van der Waals surface area contributed by atoms with E-state index < -0.39 is 0 Å². The Balaban J connectivity index is 2.28. The molecular formula is C6H11N3S. The molecule has 1 rings (SSSR count). The van der Waals surface area contributed by atoms with E-state index in [-0.39, 0.29) is 0 Å². The fourth-order valence-corrected chi connectivity index (χ4v) is 0.979. The predicted molar refractivity (Wildman–Crippen MR) is 43.2 cm³/mol. The summed E-state index contributed by atoms with van der Waals surface area (Å²) in [7, 11) is 0. The highest BCUT2D eigenvalue weighted by Gasteiger charge is 1.95. The minimum Gasteiger partial charge on any atom is -0.360 e. The fourth-order valence-electron chi connectivity index (χ4n) is 0.542. The molecule has 3 nitrogen and oxygen atoms in total. The molecule has 1 aromatic heterocycles. The molecule has 0 saturated carbocycles. The standard InChI is InChI=1S/C6H11N3S/c1-5(2)3-7-6-8-4-9-10-6/h4-5H,3H2,1-2H3,(H,7,8,9). The molecule has 1 N–H and O–H groups in total. The van der Waals surface area contributed by atoms with Gasteiger partial charge in [0.05, 0.1) is 0 Å². The Morgan fingerprint density at radius 1 is 1.70 bits per heavy atom. The van der Waals surface area contributed by atoms with Crippen LogP contribution >= 0.6 is 11.5 Å². The SMILES string of the molecule is CC(C)CNc1ncns1. The zero-order valence-corrected chi connectivity index (χ0v) is 6.98. The summed E-state index contributed by atoms with van der Waals surface area (Å²) in [6.07, 6.45) is 1.56. The zero-order chi connectivity index (χ0) is 7.40. The van der Waals surface area contributed by atoms with Gasteiger partial charge in [-0.1, -0.05) is 13.8 Å². The van der Waals surface area contributed by atoms with E-state index in [4.69, 9.17) is 0 Å². The van der Waals surface area contributed by atoms with Gasteiger partial charge in [-0.3, -0.25) is 0 Å². The highest BCUT2D eigenvalue weighted by Crippen LogP contribution is 2.06. The van der Waals surface area contributed by atoms with E-state index >= 15 is 0 Å². The van der Waals surface area contributed by atoms with Crippen LogP contribution in [-0.4, -0.2) is 15.9 Å². The molecule has 0 radical (unpaired) electrons. The van der Waals surface area contributed by atoms with Crippen LogP contribution in [0.5, 0.6) is 0 Å². The van der Waals surface area contributed by atoms with Gasteiger partial charge in [-0.25, -0.2) is 4.98 Å². The van der Waals surface area contributed by atoms with Gasteiger partial charge in [0, 0.05) is 18.1 Å². The first-order chi connectivity index (χ1) is 4.79. The van der Waals surface area contributed by atoms with Crippen LogP contribution in [-0.2, 0) is 0 Å². The second kappa shape index (κ2) is 3.51. The van der Waals surface area contributed by atoms with Crippen LogP contribution in [0.3, 0.4) is 0 Å². The topological polar surface area (TPSA) is 37.8 Å². The van der Waals surface area contributed by atoms with Gasteiger partial charge in [0.2, 0.25) is 5.13 Å². The van der Waals surface area contributed by atoms with Crippen molar-refractivity contribution in [3.05, 3.63) is 6.33 Å². The summed E-state index contributed by atoms with van der Waals surface area (Å²) in [4.78, 5) is 3.98. The van der Waals surface area contributed by atoms with Crippen molar-refractivity contribution in [2.45, 2.75) is 13.8 Å². The normalized spacial score (nSPS) is 10.3. The summed E-state index contributed by atoms with van der Waals surface area (Å²) in [6, 6.07) is 0. The van der Waals surface area contributed by atoms with E-state index in [0.717, 1.165) is 11.7 Å². The lowest BCUT2D eigenvalue weighted by Gasteiger charge is -2.03. The van der Waals surface area contributed by atoms with E-state index in [0.29, 0.717) is 5.92 Å². The number of hydrogen-bond acceptors (Lipinski definition) is 4. The molecule has 0 fully saturated rings. The molecule has 0 aliphatic rings. The van der Waals surface area contributed by atoms with Gasteiger partial charge in [0.25, 0.3) is 0 Å². The van der Waals surface area contributed by atoms with Gasteiger partial charge < -0.3 is 5.32 Å². The maximum atomic E-state index is 3.98. The molecule has 1 aromatic rings. The van der Waals surface area contributed by atoms with Crippen molar-refractivity contribution < 1.29 is 0 Å². The van der Waals surface area contributed by atoms with Crippen LogP contribution in [0.4, 0.5) is 5.13 Å². The van der Waals surface area contributed by atoms with Crippen molar-refractivity contribution in [1.82, 2.24) is 9.36 Å². The first kappa shape index (κ1) is 7.47. The number of nitrogens with one attached hydrogen (secondary N) is 1. The molecule has 0 aliphatic carbocycles. The molecule has 0 aromatic carbocycles. The van der Waals surface area contributed by atoms with Crippen molar-refractivity contribution in [3.63, 3.8) is 0 Å². The van der Waals surface area contributed by atoms with Crippen LogP contribution in [0.2, 0.25) is 0 Å². The zero-order valence-electron chi connectivity index (χ0n) is 6.16. The molecule has 56 valence electrons. The van der Waals surface area contributed by atoms with Crippen LogP contribution < -0.4 is 5.32 Å². The lowest BCUT2D eigenvalue weighted by atomic mass is 10.2. The van der Waals surface area contributed by atoms with E-state index in [1.54, 1.807) is 6.33 Å². The second-order valence-electron chi connectivity index (χ2n) is 2.52. The van der Waals surface area contributed by atoms with Gasteiger partial charge in [-0.15, -0.1) is 0 Å². The second-order valence-corrected chi connectivity index (χ2v) is 3.30. The Hall–Kier alpha value is -0.640. The Morgan fingerprint density at radius 2 is 2.50 bits per heavy atom. The average molecular weight is 157 g/mol. The molecule has 1 heterocycles. The molecule has 0 unspecified atom stereocenters. The van der Waals surface area contributed by atoms with Gasteiger partial charge >= 0.3 is 0 Å². The third kappa shape index (κ3) is 2.31. The maximum Gasteiger partial charge on any atom is 0.202 e. The van der Waals surface area contributed by atoms with Gasteiger partial charge in [0.1, 0.15) is 6.33 Å². The van der Waals surface area contributed by atoms with E-state index in [1.807, 2.05) is 0 Å². The fraction of sp³-hybridized carbons (Fsp3) is 0.667. The molecule has 0 saturated heterocycles. The Kier molecular flexibility index (Phi) is 2.62. The highest BCUT2D eigenvalue weighted by atomic mass is 32.1. The summed E-state index contributed by atoms with van der Waals surface area (Å²) in [5.41, 5.74) is 0. The van der Waals surface area contributed by atoms with Crippen LogP contribution in [0, 0.1) is 5.92 Å². The molecule has 0 amide bonds. The minimum atomic E-state index is 0.656. The number of hydrogen-bond donors (Lipinski definition) is 1. The molecule has 0 spiro atoms. The Bertz CT molecular complexity index is 171. The van der Waals surface area contributed by atoms with Crippen molar-refractivity contribution in [2.75, 3.05) is 11.9 Å². The first-order valence-electron chi connectivity index (χ1n) is 3.29. The van der Waals surface area contributed by atoms with E-state index in [1.165, 1.54) is 11.5 Å². The van der Waals surface area contributed by atoms with Crippen molar-refractivity contribution >= 4 is 16.7 Å². The average Bonchev–Trinajstić information content (AvgIpc) is 2.34. The summed E-state index contributed by atoms with van der Waals surface area (Å²) in [6.45, 7) is 5.29. The Labute approximate surface area is 64.7 Å². The molecule has 0 aliphatic heterocycles. The summed E-state index contributed by atoms with van der Waals surface area (Å²) >= 11 is 1.39. The Morgan fingerprint density at radius 3 is 3.00 bits per heavy atom. The predicted octanol–water partition coefficient (Wildman–Crippen LogP) is 1.61. The third-order valence-corrected chi connectivity index (χ3v) is 1.65. The molecule has 0 atom stereocenters. The third-order valence-electron chi connectivity index (χ3n) is 1.02. The largest absolute Gasteiger partial charge is 0.360 e. The smallest absolute Gasteiger partial charge is 0.202 e. The lowest BCUT2D eigenvalue weighted by molar-refractivity contribution is 0.688. The molecule has 10 heavy (non-hydrogen) atoms. The lowest BCUT2D eigenvalue weighted by Crippen LogP contribution is -2.07. The van der Waals surface area contributed by atoms with Crippen LogP contribution in [0.1, 0.15) is 13.8 Å². The minimum absolute atomic E-state index is 0.656. The van der Waals surface area contributed by atoms with Gasteiger partial charge in [0.15, 0.2) is 0 Å². The first-order valence-corrected chi connectivity index (χ1v) is 4.07. The molecule has 0 bridgehead atoms. The van der Waals surface area contributed by atoms with Gasteiger partial charge in [-0.2, -0.15) is 4.37 Å². The number of anilines is 1. The van der Waals surface area contributed by atoms with Crippen LogP contribution in [0.25, 0.3) is 0 Å². The van der Waals surface area contributed by atoms with E-state index in [9.17, 15) is 0 Å². The van der Waals surface area contributed by atoms with Crippen molar-refractivity contribution in [1.29, 1.82) is 0 Å². The van der Waals surface area contributed by atoms with Crippen LogP contribution in [0.15, 0.2) is 6.33 Å². The molecule has 4 heteroatoms. The number of rotatable bonds is 3. The number of nitrogens with zero attached hydrogens (tertiary/aromatic N) is 2. The van der Waals surface area contributed by atoms with E-state index in [2.05, 4.69) is 28.5 Å². The quantitative estimate of drug-likeness (QED) is 0.724. The monoisotopic (exact) mass is 157 g/mol. The van der Waals surface area contributed by atoms with Crippen molar-refractivity contribution in [3.8, 4) is 0 Å². The van der Waals surface area contributed by atoms with Crippen molar-refractivity contribution in [2.24, 2.45) is 5.92 Å². The highest BCUT2D eigenvalue weighted by molar-refractivity contribution is 7.09. The van der Waals surface area contributed by atoms with Gasteiger partial charge in [-0.05, 0) is 5.92 Å². The molecular weight excluding hydrogens is 146 g/mol.